The third-order valence-electron chi connectivity index (χ3n) is 5.67. The van der Waals surface area contributed by atoms with Gasteiger partial charge < -0.3 is 15.1 Å². The standard InChI is InChI=1S/C22H22ClN3O3/c1-13-18(23)4-3-5-19(13)24-22(29)16-11-21(28)26(12-16)17-6-7-20-15(10-17)8-9-25(20)14(2)27/h3-7,10,16H,8-9,11-12H2,1-2H3,(H,24,29). The van der Waals surface area contributed by atoms with Crippen molar-refractivity contribution in [1.82, 2.24) is 0 Å². The molecule has 0 radical (unpaired) electrons. The minimum Gasteiger partial charge on any atom is -0.325 e. The fraction of sp³-hybridized carbons (Fsp3) is 0.318. The maximum atomic E-state index is 12.7. The summed E-state index contributed by atoms with van der Waals surface area (Å²) in [6.07, 6.45) is 0.935. The van der Waals surface area contributed by atoms with E-state index in [1.165, 1.54) is 0 Å². The molecule has 1 fully saturated rings. The second kappa shape index (κ2) is 7.52. The Morgan fingerprint density at radius 1 is 1.21 bits per heavy atom. The number of amides is 3. The summed E-state index contributed by atoms with van der Waals surface area (Å²) < 4.78 is 0. The molecule has 1 unspecified atom stereocenters. The Morgan fingerprint density at radius 3 is 2.76 bits per heavy atom. The van der Waals surface area contributed by atoms with Crippen LogP contribution in [-0.4, -0.2) is 30.8 Å². The molecule has 1 atom stereocenters. The number of rotatable bonds is 3. The van der Waals surface area contributed by atoms with Gasteiger partial charge in [-0.15, -0.1) is 0 Å². The first kappa shape index (κ1) is 19.5. The Morgan fingerprint density at radius 2 is 2.00 bits per heavy atom. The van der Waals surface area contributed by atoms with Gasteiger partial charge in [-0.1, -0.05) is 17.7 Å². The summed E-state index contributed by atoms with van der Waals surface area (Å²) in [5, 5.41) is 3.49. The van der Waals surface area contributed by atoms with Crippen LogP contribution in [0.4, 0.5) is 17.1 Å². The maximum absolute atomic E-state index is 12.7. The van der Waals surface area contributed by atoms with Crippen LogP contribution in [0, 0.1) is 12.8 Å². The molecule has 1 N–H and O–H groups in total. The first-order valence-electron chi connectivity index (χ1n) is 9.62. The largest absolute Gasteiger partial charge is 0.325 e. The smallest absolute Gasteiger partial charge is 0.229 e. The molecule has 150 valence electrons. The van der Waals surface area contributed by atoms with Crippen LogP contribution in [0.3, 0.4) is 0 Å². The molecule has 0 aromatic heterocycles. The van der Waals surface area contributed by atoms with E-state index in [0.717, 1.165) is 28.9 Å². The molecule has 7 heteroatoms. The molecule has 2 aliphatic heterocycles. The van der Waals surface area contributed by atoms with E-state index in [1.54, 1.807) is 34.9 Å². The molecular formula is C22H22ClN3O3. The second-order valence-electron chi connectivity index (χ2n) is 7.54. The third-order valence-corrected chi connectivity index (χ3v) is 6.08. The van der Waals surface area contributed by atoms with E-state index in [0.29, 0.717) is 23.8 Å². The maximum Gasteiger partial charge on any atom is 0.229 e. The fourth-order valence-electron chi connectivity index (χ4n) is 3.99. The predicted octanol–water partition coefficient (Wildman–Crippen LogP) is 3.55. The van der Waals surface area contributed by atoms with Crippen molar-refractivity contribution >= 4 is 46.4 Å². The van der Waals surface area contributed by atoms with Gasteiger partial charge in [-0.2, -0.15) is 0 Å². The summed E-state index contributed by atoms with van der Waals surface area (Å²) in [7, 11) is 0. The highest BCUT2D eigenvalue weighted by atomic mass is 35.5. The van der Waals surface area contributed by atoms with Gasteiger partial charge in [-0.25, -0.2) is 0 Å². The van der Waals surface area contributed by atoms with Gasteiger partial charge in [0.15, 0.2) is 0 Å². The number of carbonyl (C=O) groups is 3. The zero-order valence-electron chi connectivity index (χ0n) is 16.4. The van der Waals surface area contributed by atoms with Crippen LogP contribution in [0.15, 0.2) is 36.4 Å². The molecule has 3 amide bonds. The Kier molecular flexibility index (Phi) is 5.04. The highest BCUT2D eigenvalue weighted by Gasteiger charge is 2.36. The monoisotopic (exact) mass is 411 g/mol. The van der Waals surface area contributed by atoms with E-state index in [2.05, 4.69) is 5.32 Å². The average molecular weight is 412 g/mol. The number of benzene rings is 2. The van der Waals surface area contributed by atoms with Gasteiger partial charge in [0.25, 0.3) is 0 Å². The molecule has 0 saturated carbocycles. The van der Waals surface area contributed by atoms with E-state index in [9.17, 15) is 14.4 Å². The number of fused-ring (bicyclic) bond motifs is 1. The Hall–Kier alpha value is -2.86. The lowest BCUT2D eigenvalue weighted by molar-refractivity contribution is -0.122. The van der Waals surface area contributed by atoms with Crippen molar-refractivity contribution in [2.24, 2.45) is 5.92 Å². The van der Waals surface area contributed by atoms with Crippen molar-refractivity contribution < 1.29 is 14.4 Å². The minimum atomic E-state index is -0.428. The number of nitrogens with zero attached hydrogens (tertiary/aromatic N) is 2. The van der Waals surface area contributed by atoms with Gasteiger partial charge in [-0.05, 0) is 54.8 Å². The van der Waals surface area contributed by atoms with Gasteiger partial charge in [-0.3, -0.25) is 14.4 Å². The average Bonchev–Trinajstić information content (AvgIpc) is 3.28. The van der Waals surface area contributed by atoms with E-state index >= 15 is 0 Å². The van der Waals surface area contributed by atoms with Crippen LogP contribution in [0.5, 0.6) is 0 Å². The molecule has 0 aliphatic carbocycles. The van der Waals surface area contributed by atoms with Crippen molar-refractivity contribution in [2.75, 3.05) is 28.2 Å². The summed E-state index contributed by atoms with van der Waals surface area (Å²) in [6, 6.07) is 11.0. The second-order valence-corrected chi connectivity index (χ2v) is 7.95. The molecular weight excluding hydrogens is 390 g/mol. The SMILES string of the molecule is CC(=O)N1CCc2cc(N3CC(C(=O)Nc4cccc(Cl)c4C)CC3=O)ccc21. The predicted molar refractivity (Wildman–Crippen MR) is 113 cm³/mol. The van der Waals surface area contributed by atoms with E-state index in [1.807, 2.05) is 25.1 Å². The number of hydrogen-bond donors (Lipinski definition) is 1. The summed E-state index contributed by atoms with van der Waals surface area (Å²) in [5.41, 5.74) is 4.19. The molecule has 1 saturated heterocycles. The molecule has 0 spiro atoms. The Balaban J connectivity index is 1.49. The van der Waals surface area contributed by atoms with Gasteiger partial charge in [0.1, 0.15) is 0 Å². The Bertz CT molecular complexity index is 1020. The third kappa shape index (κ3) is 3.60. The number of halogens is 1. The van der Waals surface area contributed by atoms with Crippen LogP contribution in [0.2, 0.25) is 5.02 Å². The van der Waals surface area contributed by atoms with E-state index in [4.69, 9.17) is 11.6 Å². The lowest BCUT2D eigenvalue weighted by Crippen LogP contribution is -2.28. The Labute approximate surface area is 174 Å². The lowest BCUT2D eigenvalue weighted by Gasteiger charge is -2.19. The quantitative estimate of drug-likeness (QED) is 0.839. The number of nitrogens with one attached hydrogen (secondary N) is 1. The van der Waals surface area contributed by atoms with Crippen LogP contribution in [-0.2, 0) is 20.8 Å². The van der Waals surface area contributed by atoms with Crippen molar-refractivity contribution in [3.8, 4) is 0 Å². The number of anilines is 3. The van der Waals surface area contributed by atoms with E-state index in [-0.39, 0.29) is 24.1 Å². The summed E-state index contributed by atoms with van der Waals surface area (Å²) in [5.74, 6) is -0.672. The molecule has 4 rings (SSSR count). The molecule has 29 heavy (non-hydrogen) atoms. The van der Waals surface area contributed by atoms with Gasteiger partial charge in [0, 0.05) is 48.5 Å². The van der Waals surface area contributed by atoms with Gasteiger partial charge in [0.05, 0.1) is 5.92 Å². The number of hydrogen-bond acceptors (Lipinski definition) is 3. The molecule has 2 aliphatic rings. The fourth-order valence-corrected chi connectivity index (χ4v) is 4.17. The zero-order chi connectivity index (χ0) is 20.7. The van der Waals surface area contributed by atoms with Crippen molar-refractivity contribution in [3.05, 3.63) is 52.5 Å². The van der Waals surface area contributed by atoms with Crippen LogP contribution >= 0.6 is 11.6 Å². The van der Waals surface area contributed by atoms with Crippen molar-refractivity contribution in [1.29, 1.82) is 0 Å². The van der Waals surface area contributed by atoms with Gasteiger partial charge in [0.2, 0.25) is 17.7 Å². The lowest BCUT2D eigenvalue weighted by atomic mass is 10.1. The first-order chi connectivity index (χ1) is 13.8. The summed E-state index contributed by atoms with van der Waals surface area (Å²) in [4.78, 5) is 40.5. The zero-order valence-corrected chi connectivity index (χ0v) is 17.1. The van der Waals surface area contributed by atoms with Crippen LogP contribution in [0.1, 0.15) is 24.5 Å². The normalized spacial score (nSPS) is 18.2. The first-order valence-corrected chi connectivity index (χ1v) is 10.0. The molecule has 6 nitrogen and oxygen atoms in total. The van der Waals surface area contributed by atoms with Crippen LogP contribution < -0.4 is 15.1 Å². The number of carbonyl (C=O) groups excluding carboxylic acids is 3. The molecule has 2 aromatic rings. The minimum absolute atomic E-state index is 0.0155. The summed E-state index contributed by atoms with van der Waals surface area (Å²) >= 11 is 6.12. The molecule has 0 bridgehead atoms. The highest BCUT2D eigenvalue weighted by Crippen LogP contribution is 2.34. The van der Waals surface area contributed by atoms with Gasteiger partial charge >= 0.3 is 0 Å². The highest BCUT2D eigenvalue weighted by molar-refractivity contribution is 6.31. The summed E-state index contributed by atoms with van der Waals surface area (Å²) in [6.45, 7) is 4.39. The molecule has 2 heterocycles. The van der Waals surface area contributed by atoms with E-state index < -0.39 is 5.92 Å². The topological polar surface area (TPSA) is 69.7 Å². The molecule has 2 aromatic carbocycles. The van der Waals surface area contributed by atoms with Crippen molar-refractivity contribution in [3.63, 3.8) is 0 Å². The van der Waals surface area contributed by atoms with Crippen molar-refractivity contribution in [2.45, 2.75) is 26.7 Å². The van der Waals surface area contributed by atoms with Crippen LogP contribution in [0.25, 0.3) is 0 Å².